The summed E-state index contributed by atoms with van der Waals surface area (Å²) in [4.78, 5) is 73.3. The highest BCUT2D eigenvalue weighted by Crippen LogP contribution is 2.45. The van der Waals surface area contributed by atoms with Gasteiger partial charge in [0, 0.05) is 25.7 Å². The number of phosphoric ester groups is 2. The van der Waals surface area contributed by atoms with Gasteiger partial charge in [0.1, 0.15) is 19.3 Å². The maximum atomic E-state index is 13.2. The van der Waals surface area contributed by atoms with Crippen LogP contribution < -0.4 is 0 Å². The lowest BCUT2D eigenvalue weighted by atomic mass is 9.99. The molecule has 0 radical (unpaired) electrons. The highest BCUT2D eigenvalue weighted by molar-refractivity contribution is 7.47. The third-order valence-corrected chi connectivity index (χ3v) is 23.4. The molecule has 0 aromatic carbocycles. The normalized spacial score (nSPS) is 14.4. The Bertz CT molecular complexity index is 2100. The number of esters is 4. The predicted molar refractivity (Wildman–Crippen MR) is 446 cm³/mol. The van der Waals surface area contributed by atoms with Crippen LogP contribution >= 0.6 is 15.6 Å². The van der Waals surface area contributed by atoms with Crippen molar-refractivity contribution in [2.24, 2.45) is 23.7 Å². The molecule has 0 aliphatic rings. The molecule has 0 aromatic rings. The molecule has 0 saturated heterocycles. The van der Waals surface area contributed by atoms with Crippen LogP contribution in [0.5, 0.6) is 0 Å². The topological polar surface area (TPSA) is 237 Å². The Morgan fingerprint density at radius 3 is 0.657 bits per heavy atom. The smallest absolute Gasteiger partial charge is 0.462 e. The lowest BCUT2D eigenvalue weighted by molar-refractivity contribution is -0.161. The van der Waals surface area contributed by atoms with E-state index in [0.29, 0.717) is 25.7 Å². The van der Waals surface area contributed by atoms with Crippen LogP contribution in [0.15, 0.2) is 0 Å². The molecule has 0 bridgehead atoms. The second-order valence-corrected chi connectivity index (χ2v) is 36.3. The Kier molecular flexibility index (Phi) is 76.2. The van der Waals surface area contributed by atoms with E-state index in [9.17, 15) is 43.2 Å². The van der Waals surface area contributed by atoms with E-state index in [1.165, 1.54) is 270 Å². The molecule has 3 N–H and O–H groups in total. The van der Waals surface area contributed by atoms with Crippen LogP contribution in [-0.4, -0.2) is 96.7 Å². The quantitative estimate of drug-likeness (QED) is 0.0222. The Labute approximate surface area is 664 Å². The molecule has 108 heavy (non-hydrogen) atoms. The molecule has 0 aromatic heterocycles. The maximum absolute atomic E-state index is 13.2. The van der Waals surface area contributed by atoms with Gasteiger partial charge in [-0.15, -0.1) is 0 Å². The van der Waals surface area contributed by atoms with Crippen molar-refractivity contribution >= 4 is 39.5 Å². The highest BCUT2D eigenvalue weighted by atomic mass is 31.2. The number of carbonyl (C=O) groups excluding carboxylic acids is 4. The molecule has 0 fully saturated rings. The van der Waals surface area contributed by atoms with Gasteiger partial charge < -0.3 is 33.8 Å². The highest BCUT2D eigenvalue weighted by Gasteiger charge is 2.31. The zero-order valence-corrected chi connectivity index (χ0v) is 73.3. The van der Waals surface area contributed by atoms with E-state index in [-0.39, 0.29) is 25.7 Å². The van der Waals surface area contributed by atoms with E-state index in [2.05, 4.69) is 55.4 Å². The van der Waals surface area contributed by atoms with Gasteiger partial charge in [0.15, 0.2) is 12.2 Å². The number of aliphatic hydroxyl groups excluding tert-OH is 1. The van der Waals surface area contributed by atoms with Crippen LogP contribution in [0.2, 0.25) is 0 Å². The molecule has 0 aliphatic heterocycles. The van der Waals surface area contributed by atoms with Crippen molar-refractivity contribution in [3.05, 3.63) is 0 Å². The molecule has 0 heterocycles. The van der Waals surface area contributed by atoms with Crippen molar-refractivity contribution in [1.82, 2.24) is 0 Å². The molecule has 642 valence electrons. The molecular weight excluding hydrogens is 1400 g/mol. The summed E-state index contributed by atoms with van der Waals surface area (Å²) in [7, 11) is -9.93. The number of aliphatic hydroxyl groups is 1. The van der Waals surface area contributed by atoms with E-state index in [0.717, 1.165) is 114 Å². The van der Waals surface area contributed by atoms with Crippen LogP contribution in [0.1, 0.15) is 466 Å². The molecule has 0 aliphatic carbocycles. The van der Waals surface area contributed by atoms with Crippen LogP contribution in [-0.2, 0) is 65.4 Å². The Morgan fingerprint density at radius 1 is 0.259 bits per heavy atom. The number of hydrogen-bond acceptors (Lipinski definition) is 15. The molecule has 0 amide bonds. The molecule has 0 saturated carbocycles. The third kappa shape index (κ3) is 79.3. The number of phosphoric acid groups is 2. The second-order valence-electron chi connectivity index (χ2n) is 33.4. The van der Waals surface area contributed by atoms with E-state index in [1.54, 1.807) is 0 Å². The van der Waals surface area contributed by atoms with Crippen LogP contribution in [0, 0.1) is 23.7 Å². The standard InChI is InChI=1S/C89H174O17P2/c1-9-81(7)67-59-51-43-35-31-32-38-48-56-64-72-89(94)106-85(76-100-87(92)70-62-54-46-40-39-44-52-60-68-82(8)10-2)78-104-108(97,98)102-74-83(90)73-101-107(95,96)103-77-84(105-88(93)71-63-55-47-37-30-26-22-18-14-12-16-20-24-28-34-42-50-58-66-80(5)6)75-99-86(91)69-61-53-45-36-29-25-21-17-13-11-15-19-23-27-33-41-49-57-65-79(3)4/h79-85,90H,9-78H2,1-8H3,(H,95,96)(H,97,98)/t81?,82?,83-,84-,85-/m1/s1. The molecule has 7 atom stereocenters. The average molecular weight is 1580 g/mol. The largest absolute Gasteiger partial charge is 0.472 e. The lowest BCUT2D eigenvalue weighted by Crippen LogP contribution is -2.30. The van der Waals surface area contributed by atoms with Gasteiger partial charge in [0.05, 0.1) is 26.4 Å². The Morgan fingerprint density at radius 2 is 0.444 bits per heavy atom. The van der Waals surface area contributed by atoms with Crippen molar-refractivity contribution < 1.29 is 80.2 Å². The zero-order valence-electron chi connectivity index (χ0n) is 71.5. The van der Waals surface area contributed by atoms with Gasteiger partial charge >= 0.3 is 39.5 Å². The fourth-order valence-corrected chi connectivity index (χ4v) is 15.4. The maximum Gasteiger partial charge on any atom is 0.472 e. The SMILES string of the molecule is CCC(C)CCCCCCCCCCCCC(=O)O[C@H](COC(=O)CCCCCCCCCCC(C)CC)COP(=O)(O)OC[C@H](O)COP(=O)(O)OC[C@@H](COC(=O)CCCCCCCCCCCCCCCCCCCCC(C)C)OC(=O)CCCCCCCCCCCCCCCCCCCCC(C)C. The van der Waals surface area contributed by atoms with Crippen molar-refractivity contribution in [2.45, 2.75) is 485 Å². The van der Waals surface area contributed by atoms with Gasteiger partial charge in [-0.2, -0.15) is 0 Å². The van der Waals surface area contributed by atoms with Crippen LogP contribution in [0.4, 0.5) is 0 Å². The summed E-state index contributed by atoms with van der Waals surface area (Å²) in [5, 5.41) is 10.7. The van der Waals surface area contributed by atoms with Gasteiger partial charge in [0.2, 0.25) is 0 Å². The number of ether oxygens (including phenoxy) is 4. The summed E-state index contributed by atoms with van der Waals surface area (Å²) < 4.78 is 69.0. The monoisotopic (exact) mass is 1580 g/mol. The van der Waals surface area contributed by atoms with Gasteiger partial charge in [-0.1, -0.05) is 415 Å². The van der Waals surface area contributed by atoms with Crippen molar-refractivity contribution in [2.75, 3.05) is 39.6 Å². The summed E-state index contributed by atoms with van der Waals surface area (Å²) in [6.07, 6.45) is 68.0. The first-order valence-corrected chi connectivity index (χ1v) is 48.8. The molecule has 4 unspecified atom stereocenters. The lowest BCUT2D eigenvalue weighted by Gasteiger charge is -2.21. The summed E-state index contributed by atoms with van der Waals surface area (Å²) in [5.41, 5.74) is 0. The molecule has 0 spiro atoms. The summed E-state index contributed by atoms with van der Waals surface area (Å²) in [5.74, 6) is 1.12. The Balaban J connectivity index is 5.24. The van der Waals surface area contributed by atoms with Crippen LogP contribution in [0.25, 0.3) is 0 Å². The number of unbranched alkanes of at least 4 members (excludes halogenated alkanes) is 50. The number of carbonyl (C=O) groups is 4. The molecule has 19 heteroatoms. The number of hydrogen-bond donors (Lipinski definition) is 3. The minimum absolute atomic E-state index is 0.106. The van der Waals surface area contributed by atoms with E-state index >= 15 is 0 Å². The fraction of sp³-hybridized carbons (Fsp3) is 0.955. The average Bonchev–Trinajstić information content (AvgIpc) is 0.899. The van der Waals surface area contributed by atoms with Gasteiger partial charge in [0.25, 0.3) is 0 Å². The summed E-state index contributed by atoms with van der Waals surface area (Å²) >= 11 is 0. The van der Waals surface area contributed by atoms with Gasteiger partial charge in [-0.3, -0.25) is 37.3 Å². The predicted octanol–water partition coefficient (Wildman–Crippen LogP) is 27.1. The first-order chi connectivity index (χ1) is 52.2. The minimum Gasteiger partial charge on any atom is -0.462 e. The summed E-state index contributed by atoms with van der Waals surface area (Å²) in [6.45, 7) is 14.4. The van der Waals surface area contributed by atoms with Gasteiger partial charge in [-0.05, 0) is 49.4 Å². The first-order valence-electron chi connectivity index (χ1n) is 45.8. The molecule has 0 rings (SSSR count). The summed E-state index contributed by atoms with van der Waals surface area (Å²) in [6, 6.07) is 0. The van der Waals surface area contributed by atoms with E-state index in [1.807, 2.05) is 0 Å². The second kappa shape index (κ2) is 77.6. The molecular formula is C89H174O17P2. The fourth-order valence-electron chi connectivity index (χ4n) is 13.8. The van der Waals surface area contributed by atoms with Gasteiger partial charge in [-0.25, -0.2) is 9.13 Å². The number of rotatable bonds is 86. The third-order valence-electron chi connectivity index (χ3n) is 21.5. The van der Waals surface area contributed by atoms with Crippen LogP contribution in [0.3, 0.4) is 0 Å². The minimum atomic E-state index is -4.97. The Hall–Kier alpha value is -1.94. The van der Waals surface area contributed by atoms with Crippen molar-refractivity contribution in [3.63, 3.8) is 0 Å². The van der Waals surface area contributed by atoms with Crippen molar-refractivity contribution in [3.8, 4) is 0 Å². The van der Waals surface area contributed by atoms with Crippen molar-refractivity contribution in [1.29, 1.82) is 0 Å². The first kappa shape index (κ1) is 106. The van der Waals surface area contributed by atoms with E-state index < -0.39 is 97.5 Å². The zero-order chi connectivity index (χ0) is 79.5. The van der Waals surface area contributed by atoms with E-state index in [4.69, 9.17) is 37.0 Å². The molecule has 17 nitrogen and oxygen atoms in total.